The summed E-state index contributed by atoms with van der Waals surface area (Å²) in [7, 11) is 0. The fourth-order valence-corrected chi connectivity index (χ4v) is 2.84. The number of hydrogen-bond acceptors (Lipinski definition) is 5. The first-order chi connectivity index (χ1) is 11.5. The lowest BCUT2D eigenvalue weighted by molar-refractivity contribution is 0.0844. The molecular formula is C16H12FN3O3S. The predicted octanol–water partition coefficient (Wildman–Crippen LogP) is 2.93. The quantitative estimate of drug-likeness (QED) is 0.715. The van der Waals surface area contributed by atoms with E-state index >= 15 is 0 Å². The first-order valence-electron chi connectivity index (χ1n) is 6.92. The maximum absolute atomic E-state index is 12.8. The van der Waals surface area contributed by atoms with Crippen LogP contribution in [0.1, 0.15) is 25.7 Å². The number of carbonyl (C=O) groups is 2. The molecular weight excluding hydrogens is 333 g/mol. The minimum Gasteiger partial charge on any atom is -0.462 e. The van der Waals surface area contributed by atoms with Crippen molar-refractivity contribution in [1.82, 2.24) is 15.8 Å². The molecule has 0 radical (unpaired) electrons. The number of hydrogen-bond donors (Lipinski definition) is 2. The zero-order chi connectivity index (χ0) is 17.1. The number of rotatable bonds is 3. The summed E-state index contributed by atoms with van der Waals surface area (Å²) >= 11 is 1.31. The van der Waals surface area contributed by atoms with Gasteiger partial charge in [0.2, 0.25) is 0 Å². The van der Waals surface area contributed by atoms with E-state index in [1.807, 2.05) is 0 Å². The van der Waals surface area contributed by atoms with Crippen molar-refractivity contribution >= 4 is 23.2 Å². The smallest absolute Gasteiger partial charge is 0.289 e. The number of aryl methyl sites for hydroxylation is 1. The third kappa shape index (κ3) is 3.33. The van der Waals surface area contributed by atoms with Gasteiger partial charge in [-0.3, -0.25) is 20.4 Å². The lowest BCUT2D eigenvalue weighted by Gasteiger charge is -2.06. The first-order valence-corrected chi connectivity index (χ1v) is 7.74. The van der Waals surface area contributed by atoms with Gasteiger partial charge >= 0.3 is 0 Å². The molecule has 6 nitrogen and oxygen atoms in total. The molecule has 0 saturated carbocycles. The molecule has 0 saturated heterocycles. The van der Waals surface area contributed by atoms with Crippen molar-refractivity contribution in [2.45, 2.75) is 6.92 Å². The number of carbonyl (C=O) groups excluding carboxylic acids is 2. The molecule has 0 aliphatic carbocycles. The second-order valence-corrected chi connectivity index (χ2v) is 6.02. The normalized spacial score (nSPS) is 10.4. The van der Waals surface area contributed by atoms with E-state index in [0.717, 1.165) is 12.1 Å². The Morgan fingerprint density at radius 2 is 1.83 bits per heavy atom. The number of furan rings is 1. The molecule has 2 N–H and O–H groups in total. The minimum atomic E-state index is -0.553. The van der Waals surface area contributed by atoms with Crippen molar-refractivity contribution in [3.8, 4) is 10.8 Å². The van der Waals surface area contributed by atoms with Crippen LogP contribution in [0.2, 0.25) is 0 Å². The van der Waals surface area contributed by atoms with Gasteiger partial charge < -0.3 is 4.42 Å². The summed E-state index contributed by atoms with van der Waals surface area (Å²) in [5.41, 5.74) is 4.99. The number of nitrogens with zero attached hydrogens (tertiary/aromatic N) is 1. The van der Waals surface area contributed by atoms with Gasteiger partial charge in [-0.1, -0.05) is 0 Å². The second-order valence-electron chi connectivity index (χ2n) is 4.82. The molecule has 2 aromatic heterocycles. The Morgan fingerprint density at radius 3 is 2.50 bits per heavy atom. The van der Waals surface area contributed by atoms with Crippen LogP contribution in [-0.4, -0.2) is 16.8 Å². The number of amides is 2. The molecule has 0 spiro atoms. The highest BCUT2D eigenvalue weighted by Crippen LogP contribution is 2.27. The highest BCUT2D eigenvalue weighted by molar-refractivity contribution is 7.15. The zero-order valence-electron chi connectivity index (χ0n) is 12.5. The van der Waals surface area contributed by atoms with Gasteiger partial charge in [-0.25, -0.2) is 9.37 Å². The van der Waals surface area contributed by atoms with Crippen LogP contribution in [0.5, 0.6) is 0 Å². The summed E-state index contributed by atoms with van der Waals surface area (Å²) in [6.45, 7) is 1.75. The molecule has 2 amide bonds. The van der Waals surface area contributed by atoms with Gasteiger partial charge in [-0.05, 0) is 43.3 Å². The first kappa shape index (κ1) is 15.9. The average Bonchev–Trinajstić information content (AvgIpc) is 3.22. The van der Waals surface area contributed by atoms with Gasteiger partial charge in [0, 0.05) is 10.4 Å². The molecule has 0 unspecified atom stereocenters. The Bertz CT molecular complexity index is 873. The van der Waals surface area contributed by atoms with Gasteiger partial charge in [0.05, 0.1) is 6.26 Å². The lowest BCUT2D eigenvalue weighted by atomic mass is 10.2. The van der Waals surface area contributed by atoms with Crippen LogP contribution in [0.15, 0.2) is 47.1 Å². The maximum atomic E-state index is 12.8. The van der Waals surface area contributed by atoms with E-state index in [9.17, 15) is 14.0 Å². The number of aromatic nitrogens is 1. The largest absolute Gasteiger partial charge is 0.462 e. The van der Waals surface area contributed by atoms with Gasteiger partial charge in [0.1, 0.15) is 11.5 Å². The highest BCUT2D eigenvalue weighted by Gasteiger charge is 2.18. The molecule has 8 heteroatoms. The van der Waals surface area contributed by atoms with E-state index in [4.69, 9.17) is 4.42 Å². The van der Waals surface area contributed by atoms with Crippen molar-refractivity contribution in [2.75, 3.05) is 0 Å². The molecule has 0 fully saturated rings. The standard InChI is InChI=1S/C16H12FN3O3S/c1-9-13(18-16(24-9)12-3-2-8-23-12)15(22)20-19-14(21)10-4-6-11(17)7-5-10/h2-8H,1H3,(H,19,21)(H,20,22). The molecule has 0 atom stereocenters. The monoisotopic (exact) mass is 345 g/mol. The highest BCUT2D eigenvalue weighted by atomic mass is 32.1. The van der Waals surface area contributed by atoms with Crippen LogP contribution >= 0.6 is 11.3 Å². The van der Waals surface area contributed by atoms with E-state index in [-0.39, 0.29) is 11.3 Å². The van der Waals surface area contributed by atoms with Gasteiger partial charge in [0.15, 0.2) is 10.8 Å². The summed E-state index contributed by atoms with van der Waals surface area (Å²) in [6.07, 6.45) is 1.52. The van der Waals surface area contributed by atoms with Crippen LogP contribution in [0.4, 0.5) is 4.39 Å². The molecule has 3 rings (SSSR count). The van der Waals surface area contributed by atoms with E-state index in [2.05, 4.69) is 15.8 Å². The van der Waals surface area contributed by atoms with E-state index in [1.54, 1.807) is 19.1 Å². The Kier molecular flexibility index (Phi) is 4.39. The molecule has 3 aromatic rings. The minimum absolute atomic E-state index is 0.200. The van der Waals surface area contributed by atoms with Crippen molar-refractivity contribution < 1.29 is 18.4 Å². The molecule has 1 aromatic carbocycles. The Labute approximate surface area is 140 Å². The average molecular weight is 345 g/mol. The summed E-state index contributed by atoms with van der Waals surface area (Å²) in [4.78, 5) is 29.0. The van der Waals surface area contributed by atoms with Crippen LogP contribution in [-0.2, 0) is 0 Å². The van der Waals surface area contributed by atoms with E-state index < -0.39 is 17.6 Å². The molecule has 2 heterocycles. The fourth-order valence-electron chi connectivity index (χ4n) is 1.96. The Morgan fingerprint density at radius 1 is 1.12 bits per heavy atom. The van der Waals surface area contributed by atoms with Crippen molar-refractivity contribution in [2.24, 2.45) is 0 Å². The Balaban J connectivity index is 1.67. The third-order valence-electron chi connectivity index (χ3n) is 3.14. The summed E-state index contributed by atoms with van der Waals surface area (Å²) < 4.78 is 18.1. The van der Waals surface area contributed by atoms with Crippen molar-refractivity contribution in [3.63, 3.8) is 0 Å². The number of halogens is 1. The van der Waals surface area contributed by atoms with Gasteiger partial charge in [0.25, 0.3) is 11.8 Å². The van der Waals surface area contributed by atoms with Crippen LogP contribution < -0.4 is 10.9 Å². The SMILES string of the molecule is Cc1sc(-c2ccco2)nc1C(=O)NNC(=O)c1ccc(F)cc1. The zero-order valence-corrected chi connectivity index (χ0v) is 13.3. The maximum Gasteiger partial charge on any atom is 0.289 e. The number of thiazole rings is 1. The molecule has 0 aliphatic rings. The fraction of sp³-hybridized carbons (Fsp3) is 0.0625. The summed E-state index contributed by atoms with van der Waals surface area (Å²) in [5.74, 6) is -0.976. The van der Waals surface area contributed by atoms with Crippen molar-refractivity contribution in [1.29, 1.82) is 0 Å². The van der Waals surface area contributed by atoms with Crippen LogP contribution in [0.3, 0.4) is 0 Å². The molecule has 0 bridgehead atoms. The number of nitrogens with one attached hydrogen (secondary N) is 2. The second kappa shape index (κ2) is 6.63. The predicted molar refractivity (Wildman–Crippen MR) is 85.9 cm³/mol. The van der Waals surface area contributed by atoms with Gasteiger partial charge in [-0.2, -0.15) is 0 Å². The molecule has 24 heavy (non-hydrogen) atoms. The van der Waals surface area contributed by atoms with E-state index in [0.29, 0.717) is 15.6 Å². The summed E-state index contributed by atoms with van der Waals surface area (Å²) in [6, 6.07) is 8.44. The topological polar surface area (TPSA) is 84.2 Å². The van der Waals surface area contributed by atoms with Gasteiger partial charge in [-0.15, -0.1) is 11.3 Å². The summed E-state index contributed by atoms with van der Waals surface area (Å²) in [5, 5.41) is 0.576. The van der Waals surface area contributed by atoms with Crippen LogP contribution in [0.25, 0.3) is 10.8 Å². The van der Waals surface area contributed by atoms with E-state index in [1.165, 1.54) is 29.7 Å². The molecule has 0 aliphatic heterocycles. The van der Waals surface area contributed by atoms with Crippen molar-refractivity contribution in [3.05, 3.63) is 64.6 Å². The number of hydrazine groups is 1. The lowest BCUT2D eigenvalue weighted by Crippen LogP contribution is -2.42. The molecule has 122 valence electrons. The Hall–Kier alpha value is -3.00. The van der Waals surface area contributed by atoms with Crippen LogP contribution in [0, 0.1) is 12.7 Å². The third-order valence-corrected chi connectivity index (χ3v) is 4.12. The number of benzene rings is 1.